The van der Waals surface area contributed by atoms with Gasteiger partial charge in [0.05, 0.1) is 12.2 Å². The fourth-order valence-corrected chi connectivity index (χ4v) is 1.91. The van der Waals surface area contributed by atoms with Gasteiger partial charge in [0, 0.05) is 5.56 Å². The molecule has 0 radical (unpaired) electrons. The highest BCUT2D eigenvalue weighted by atomic mass is 16.5. The van der Waals surface area contributed by atoms with Gasteiger partial charge in [-0.25, -0.2) is 4.79 Å². The van der Waals surface area contributed by atoms with Gasteiger partial charge in [-0.05, 0) is 24.3 Å². The summed E-state index contributed by atoms with van der Waals surface area (Å²) in [6.45, 7) is 0.476. The summed E-state index contributed by atoms with van der Waals surface area (Å²) in [4.78, 5) is 11.2. The Balaban J connectivity index is 1.94. The van der Waals surface area contributed by atoms with Crippen molar-refractivity contribution in [3.63, 3.8) is 0 Å². The predicted octanol–water partition coefficient (Wildman–Crippen LogP) is 3.11. The van der Waals surface area contributed by atoms with Crippen LogP contribution in [-0.2, 0) is 6.54 Å². The van der Waals surface area contributed by atoms with Crippen LogP contribution in [0.4, 0.5) is 10.5 Å². The van der Waals surface area contributed by atoms with Crippen molar-refractivity contribution < 1.29 is 9.53 Å². The number of fused-ring (bicyclic) bond motifs is 1. The molecule has 0 saturated carbocycles. The first-order valence-electron chi connectivity index (χ1n) is 5.72. The third-order valence-electron chi connectivity index (χ3n) is 2.78. The summed E-state index contributed by atoms with van der Waals surface area (Å²) in [5, 5.41) is 5.49. The second-order valence-electron chi connectivity index (χ2n) is 4.01. The van der Waals surface area contributed by atoms with Crippen molar-refractivity contribution in [1.29, 1.82) is 0 Å². The Kier molecular flexibility index (Phi) is 2.61. The second kappa shape index (κ2) is 4.41. The lowest BCUT2D eigenvalue weighted by molar-refractivity contribution is 0.250. The van der Waals surface area contributed by atoms with E-state index in [9.17, 15) is 4.79 Å². The molecule has 1 heterocycles. The van der Waals surface area contributed by atoms with Gasteiger partial charge in [-0.15, -0.1) is 0 Å². The summed E-state index contributed by atoms with van der Waals surface area (Å²) in [7, 11) is 0. The molecule has 0 fully saturated rings. The average Bonchev–Trinajstić information content (AvgIpc) is 2.40. The molecule has 4 nitrogen and oxygen atoms in total. The van der Waals surface area contributed by atoms with Gasteiger partial charge in [0.2, 0.25) is 0 Å². The first-order chi connectivity index (χ1) is 8.83. The molecule has 90 valence electrons. The van der Waals surface area contributed by atoms with Crippen molar-refractivity contribution in [2.75, 3.05) is 5.32 Å². The molecule has 2 aromatic rings. The molecule has 0 saturated heterocycles. The number of amides is 2. The van der Waals surface area contributed by atoms with Crippen molar-refractivity contribution >= 4 is 11.7 Å². The zero-order valence-corrected chi connectivity index (χ0v) is 9.64. The van der Waals surface area contributed by atoms with E-state index in [4.69, 9.17) is 4.74 Å². The quantitative estimate of drug-likeness (QED) is 0.847. The van der Waals surface area contributed by atoms with Gasteiger partial charge in [-0.1, -0.05) is 24.3 Å². The maximum absolute atomic E-state index is 11.2. The fourth-order valence-electron chi connectivity index (χ4n) is 1.91. The van der Waals surface area contributed by atoms with E-state index in [1.54, 1.807) is 0 Å². The van der Waals surface area contributed by atoms with Crippen LogP contribution in [0.5, 0.6) is 11.5 Å². The van der Waals surface area contributed by atoms with E-state index in [0.717, 1.165) is 22.7 Å². The molecule has 4 heteroatoms. The maximum Gasteiger partial charge on any atom is 0.319 e. The number of ether oxygens (including phenoxy) is 1. The predicted molar refractivity (Wildman–Crippen MR) is 68.8 cm³/mol. The molecule has 0 atom stereocenters. The van der Waals surface area contributed by atoms with Gasteiger partial charge >= 0.3 is 6.03 Å². The number of urea groups is 1. The molecule has 0 unspecified atom stereocenters. The number of hydrogen-bond acceptors (Lipinski definition) is 2. The zero-order chi connectivity index (χ0) is 12.4. The lowest BCUT2D eigenvalue weighted by Gasteiger charge is -2.20. The normalized spacial score (nSPS) is 13.2. The summed E-state index contributed by atoms with van der Waals surface area (Å²) in [6, 6.07) is 15.0. The van der Waals surface area contributed by atoms with Gasteiger partial charge < -0.3 is 15.4 Å². The largest absolute Gasteiger partial charge is 0.457 e. The first-order valence-corrected chi connectivity index (χ1v) is 5.72. The summed E-state index contributed by atoms with van der Waals surface area (Å²) in [5.74, 6) is 1.54. The van der Waals surface area contributed by atoms with Crippen LogP contribution in [0.1, 0.15) is 5.56 Å². The van der Waals surface area contributed by atoms with Crippen LogP contribution in [0.15, 0.2) is 48.5 Å². The van der Waals surface area contributed by atoms with Crippen molar-refractivity contribution in [2.45, 2.75) is 6.54 Å². The van der Waals surface area contributed by atoms with Gasteiger partial charge in [0.25, 0.3) is 0 Å². The summed E-state index contributed by atoms with van der Waals surface area (Å²) in [5.41, 5.74) is 1.76. The maximum atomic E-state index is 11.2. The van der Waals surface area contributed by atoms with E-state index in [0.29, 0.717) is 6.54 Å². The minimum absolute atomic E-state index is 0.181. The van der Waals surface area contributed by atoms with Crippen LogP contribution < -0.4 is 15.4 Å². The highest BCUT2D eigenvalue weighted by Gasteiger charge is 2.17. The number of nitrogens with one attached hydrogen (secondary N) is 2. The number of carbonyl (C=O) groups excluding carboxylic acids is 1. The van der Waals surface area contributed by atoms with E-state index in [1.807, 2.05) is 48.5 Å². The average molecular weight is 240 g/mol. The molecule has 1 aliphatic heterocycles. The number of benzene rings is 2. The molecule has 0 bridgehead atoms. The first kappa shape index (κ1) is 10.7. The molecule has 1 aliphatic rings. The molecule has 2 aromatic carbocycles. The monoisotopic (exact) mass is 240 g/mol. The summed E-state index contributed by atoms with van der Waals surface area (Å²) in [6.07, 6.45) is 0. The molecule has 3 rings (SSSR count). The van der Waals surface area contributed by atoms with E-state index >= 15 is 0 Å². The molecule has 18 heavy (non-hydrogen) atoms. The van der Waals surface area contributed by atoms with Gasteiger partial charge in [-0.2, -0.15) is 0 Å². The van der Waals surface area contributed by atoms with Crippen LogP contribution in [0, 0.1) is 0 Å². The molecular formula is C14H12N2O2. The lowest BCUT2D eigenvalue weighted by atomic mass is 10.1. The SMILES string of the molecule is O=C1NCc2c(cccc2Oc2ccccc2)N1. The number of carbonyl (C=O) groups is 1. The summed E-state index contributed by atoms with van der Waals surface area (Å²) < 4.78 is 5.82. The number of rotatable bonds is 2. The lowest BCUT2D eigenvalue weighted by Crippen LogP contribution is -2.33. The van der Waals surface area contributed by atoms with Crippen molar-refractivity contribution in [3.05, 3.63) is 54.1 Å². The van der Waals surface area contributed by atoms with Crippen LogP contribution in [0.3, 0.4) is 0 Å². The van der Waals surface area contributed by atoms with Crippen LogP contribution in [0.25, 0.3) is 0 Å². The van der Waals surface area contributed by atoms with E-state index in [2.05, 4.69) is 10.6 Å². The zero-order valence-electron chi connectivity index (χ0n) is 9.64. The van der Waals surface area contributed by atoms with Crippen LogP contribution in [-0.4, -0.2) is 6.03 Å². The Hall–Kier alpha value is -2.49. The minimum Gasteiger partial charge on any atom is -0.457 e. The smallest absolute Gasteiger partial charge is 0.319 e. The molecular weight excluding hydrogens is 228 g/mol. The topological polar surface area (TPSA) is 50.4 Å². The number of para-hydroxylation sites is 1. The van der Waals surface area contributed by atoms with Crippen molar-refractivity contribution in [1.82, 2.24) is 5.32 Å². The Morgan fingerprint density at radius 3 is 2.67 bits per heavy atom. The standard InChI is InChI=1S/C14H12N2O2/c17-14-15-9-11-12(16-14)7-4-8-13(11)18-10-5-2-1-3-6-10/h1-8H,9H2,(H2,15,16,17). The van der Waals surface area contributed by atoms with Gasteiger partial charge in [0.15, 0.2) is 0 Å². The van der Waals surface area contributed by atoms with Crippen molar-refractivity contribution in [2.24, 2.45) is 0 Å². The highest BCUT2D eigenvalue weighted by molar-refractivity contribution is 5.92. The third-order valence-corrected chi connectivity index (χ3v) is 2.78. The molecule has 0 spiro atoms. The molecule has 0 aromatic heterocycles. The van der Waals surface area contributed by atoms with E-state index in [-0.39, 0.29) is 6.03 Å². The molecule has 2 amide bonds. The third kappa shape index (κ3) is 2.00. The Labute approximate surface area is 105 Å². The van der Waals surface area contributed by atoms with Gasteiger partial charge in [0.1, 0.15) is 11.5 Å². The molecule has 2 N–H and O–H groups in total. The fraction of sp³-hybridized carbons (Fsp3) is 0.0714. The van der Waals surface area contributed by atoms with E-state index in [1.165, 1.54) is 0 Å². The van der Waals surface area contributed by atoms with Crippen LogP contribution in [0.2, 0.25) is 0 Å². The highest BCUT2D eigenvalue weighted by Crippen LogP contribution is 2.31. The molecule has 0 aliphatic carbocycles. The van der Waals surface area contributed by atoms with E-state index < -0.39 is 0 Å². The Morgan fingerprint density at radius 1 is 1.00 bits per heavy atom. The minimum atomic E-state index is -0.181. The number of anilines is 1. The second-order valence-corrected chi connectivity index (χ2v) is 4.01. The van der Waals surface area contributed by atoms with Crippen molar-refractivity contribution in [3.8, 4) is 11.5 Å². The Morgan fingerprint density at radius 2 is 1.83 bits per heavy atom. The number of hydrogen-bond donors (Lipinski definition) is 2. The van der Waals surface area contributed by atoms with Gasteiger partial charge in [-0.3, -0.25) is 0 Å². The Bertz CT molecular complexity index is 582. The summed E-state index contributed by atoms with van der Waals surface area (Å²) >= 11 is 0. The van der Waals surface area contributed by atoms with Crippen LogP contribution >= 0.6 is 0 Å².